The van der Waals surface area contributed by atoms with Gasteiger partial charge in [0, 0.05) is 11.1 Å². The maximum Gasteiger partial charge on any atom is 0.329 e. The molecule has 1 fully saturated rings. The number of methoxy groups -OCH3 is 2. The first kappa shape index (κ1) is 22.9. The van der Waals surface area contributed by atoms with Crippen molar-refractivity contribution in [3.8, 4) is 22.6 Å². The summed E-state index contributed by atoms with van der Waals surface area (Å²) in [5, 5.41) is 13.1. The van der Waals surface area contributed by atoms with Crippen LogP contribution in [0.25, 0.3) is 11.1 Å². The smallest absolute Gasteiger partial charge is 0.329 e. The van der Waals surface area contributed by atoms with Crippen molar-refractivity contribution < 1.29 is 24.2 Å². The van der Waals surface area contributed by atoms with E-state index in [-0.39, 0.29) is 0 Å². The summed E-state index contributed by atoms with van der Waals surface area (Å²) in [6.07, 6.45) is 3.48. The van der Waals surface area contributed by atoms with Crippen molar-refractivity contribution in [2.75, 3.05) is 14.2 Å². The maximum atomic E-state index is 13.1. The number of rotatable bonds is 7. The van der Waals surface area contributed by atoms with Crippen molar-refractivity contribution in [1.82, 2.24) is 5.32 Å². The lowest BCUT2D eigenvalue weighted by molar-refractivity contribution is -0.146. The van der Waals surface area contributed by atoms with Gasteiger partial charge in [0.25, 0.3) is 5.91 Å². The van der Waals surface area contributed by atoms with Gasteiger partial charge in [0.2, 0.25) is 0 Å². The monoisotopic (exact) mass is 445 g/mol. The van der Waals surface area contributed by atoms with Crippen LogP contribution in [0.3, 0.4) is 0 Å². The third-order valence-electron chi connectivity index (χ3n) is 6.22. The van der Waals surface area contributed by atoms with E-state index in [1.165, 1.54) is 0 Å². The number of hydrogen-bond donors (Lipinski definition) is 2. The van der Waals surface area contributed by atoms with E-state index in [0.29, 0.717) is 46.4 Å². The van der Waals surface area contributed by atoms with E-state index in [2.05, 4.69) is 12.2 Å². The predicted octanol–water partition coefficient (Wildman–Crippen LogP) is 5.18. The zero-order valence-corrected chi connectivity index (χ0v) is 18.8. The second kappa shape index (κ2) is 9.60. The van der Waals surface area contributed by atoms with Crippen LogP contribution in [0, 0.1) is 5.92 Å². The average Bonchev–Trinajstić information content (AvgIpc) is 2.78. The second-order valence-electron chi connectivity index (χ2n) is 7.96. The number of carboxylic acid groups (broad SMARTS) is 1. The van der Waals surface area contributed by atoms with Gasteiger partial charge in [-0.2, -0.15) is 0 Å². The quantitative estimate of drug-likeness (QED) is 0.613. The molecule has 31 heavy (non-hydrogen) atoms. The Morgan fingerprint density at radius 1 is 1.10 bits per heavy atom. The molecule has 2 aromatic rings. The highest BCUT2D eigenvalue weighted by Gasteiger charge is 2.43. The molecule has 1 aliphatic rings. The maximum absolute atomic E-state index is 13.1. The number of nitrogens with one attached hydrogen (secondary N) is 1. The SMILES string of the molecule is CC[C@H]1CC[C@@](NC(=O)c2ccc(OC)c(-c3ccc(OC)c(Cl)c3)c2)(C(=O)O)CC1. The van der Waals surface area contributed by atoms with Gasteiger partial charge in [-0.25, -0.2) is 4.79 Å². The van der Waals surface area contributed by atoms with E-state index < -0.39 is 17.4 Å². The Hall–Kier alpha value is -2.73. The first-order valence-corrected chi connectivity index (χ1v) is 10.8. The van der Waals surface area contributed by atoms with Crippen LogP contribution in [0.2, 0.25) is 5.02 Å². The van der Waals surface area contributed by atoms with Crippen LogP contribution in [0.15, 0.2) is 36.4 Å². The van der Waals surface area contributed by atoms with Crippen molar-refractivity contribution in [3.05, 3.63) is 47.0 Å². The average molecular weight is 446 g/mol. The molecule has 0 aliphatic heterocycles. The van der Waals surface area contributed by atoms with Crippen LogP contribution < -0.4 is 14.8 Å². The number of halogens is 1. The Labute approximate surface area is 187 Å². The molecular weight excluding hydrogens is 418 g/mol. The number of hydrogen-bond acceptors (Lipinski definition) is 4. The molecule has 2 aromatic carbocycles. The van der Waals surface area contributed by atoms with Gasteiger partial charge in [-0.15, -0.1) is 0 Å². The highest BCUT2D eigenvalue weighted by atomic mass is 35.5. The number of carbonyl (C=O) groups is 2. The molecule has 1 amide bonds. The molecule has 0 unspecified atom stereocenters. The molecule has 0 heterocycles. The van der Waals surface area contributed by atoms with Gasteiger partial charge in [-0.1, -0.05) is 31.0 Å². The molecule has 1 saturated carbocycles. The molecule has 0 radical (unpaired) electrons. The number of amides is 1. The van der Waals surface area contributed by atoms with Crippen molar-refractivity contribution in [2.24, 2.45) is 5.92 Å². The van der Waals surface area contributed by atoms with E-state index in [1.54, 1.807) is 44.6 Å². The molecule has 2 N–H and O–H groups in total. The highest BCUT2D eigenvalue weighted by Crippen LogP contribution is 2.37. The lowest BCUT2D eigenvalue weighted by Gasteiger charge is -2.37. The van der Waals surface area contributed by atoms with E-state index in [9.17, 15) is 14.7 Å². The zero-order valence-electron chi connectivity index (χ0n) is 18.0. The van der Waals surface area contributed by atoms with Crippen molar-refractivity contribution in [1.29, 1.82) is 0 Å². The largest absolute Gasteiger partial charge is 0.496 e. The standard InChI is InChI=1S/C24H28ClNO5/c1-4-15-9-11-24(12-10-15,23(28)29)26-22(27)17-6-7-20(30-2)18(13-17)16-5-8-21(31-3)19(25)14-16/h5-8,13-15H,4,9-12H2,1-3H3,(H,26,27)(H,28,29)/t15-,24-. The van der Waals surface area contributed by atoms with Crippen LogP contribution in [-0.4, -0.2) is 36.7 Å². The molecular formula is C24H28ClNO5. The van der Waals surface area contributed by atoms with Crippen molar-refractivity contribution >= 4 is 23.5 Å². The summed E-state index contributed by atoms with van der Waals surface area (Å²) in [7, 11) is 3.09. The molecule has 166 valence electrons. The van der Waals surface area contributed by atoms with Crippen molar-refractivity contribution in [2.45, 2.75) is 44.6 Å². The molecule has 3 rings (SSSR count). The molecule has 0 spiro atoms. The van der Waals surface area contributed by atoms with Gasteiger partial charge in [0.1, 0.15) is 17.0 Å². The van der Waals surface area contributed by atoms with Crippen LogP contribution in [-0.2, 0) is 4.79 Å². The zero-order chi connectivity index (χ0) is 22.6. The summed E-state index contributed by atoms with van der Waals surface area (Å²) in [5.41, 5.74) is 0.570. The minimum atomic E-state index is -1.23. The second-order valence-corrected chi connectivity index (χ2v) is 8.36. The fraction of sp³-hybridized carbons (Fsp3) is 0.417. The normalized spacial score (nSPS) is 20.7. The Morgan fingerprint density at radius 2 is 1.74 bits per heavy atom. The van der Waals surface area contributed by atoms with Gasteiger partial charge in [-0.3, -0.25) is 4.79 Å². The first-order chi connectivity index (χ1) is 14.8. The van der Waals surface area contributed by atoms with Gasteiger partial charge in [0.15, 0.2) is 0 Å². The number of ether oxygens (including phenoxy) is 2. The van der Waals surface area contributed by atoms with Crippen LogP contribution in [0.5, 0.6) is 11.5 Å². The summed E-state index contributed by atoms with van der Waals surface area (Å²) in [4.78, 5) is 25.1. The number of benzene rings is 2. The number of carboxylic acids is 1. The third kappa shape index (κ3) is 4.79. The molecule has 0 aromatic heterocycles. The van der Waals surface area contributed by atoms with Crippen LogP contribution in [0.4, 0.5) is 0 Å². The summed E-state index contributed by atoms with van der Waals surface area (Å²) < 4.78 is 10.7. The molecule has 1 aliphatic carbocycles. The minimum absolute atomic E-state index is 0.362. The summed E-state index contributed by atoms with van der Waals surface area (Å²) in [6.45, 7) is 2.11. The molecule has 7 heteroatoms. The van der Waals surface area contributed by atoms with Gasteiger partial charge >= 0.3 is 5.97 Å². The number of carbonyl (C=O) groups excluding carboxylic acids is 1. The summed E-state index contributed by atoms with van der Waals surface area (Å²) in [6, 6.07) is 10.3. The third-order valence-corrected chi connectivity index (χ3v) is 6.52. The Balaban J connectivity index is 1.90. The number of aliphatic carboxylic acids is 1. The predicted molar refractivity (Wildman–Crippen MR) is 120 cm³/mol. The Morgan fingerprint density at radius 3 is 2.29 bits per heavy atom. The van der Waals surface area contributed by atoms with Crippen molar-refractivity contribution in [3.63, 3.8) is 0 Å². The summed E-state index contributed by atoms with van der Waals surface area (Å²) >= 11 is 6.27. The van der Waals surface area contributed by atoms with Crippen LogP contribution >= 0.6 is 11.6 Å². The highest BCUT2D eigenvalue weighted by molar-refractivity contribution is 6.32. The fourth-order valence-corrected chi connectivity index (χ4v) is 4.43. The Bertz CT molecular complexity index is 966. The minimum Gasteiger partial charge on any atom is -0.496 e. The molecule has 6 nitrogen and oxygen atoms in total. The van der Waals surface area contributed by atoms with Gasteiger partial charge in [0.05, 0.1) is 19.2 Å². The van der Waals surface area contributed by atoms with E-state index in [0.717, 1.165) is 24.8 Å². The van der Waals surface area contributed by atoms with E-state index >= 15 is 0 Å². The van der Waals surface area contributed by atoms with E-state index in [1.807, 2.05) is 6.07 Å². The van der Waals surface area contributed by atoms with E-state index in [4.69, 9.17) is 21.1 Å². The lowest BCUT2D eigenvalue weighted by atomic mass is 9.75. The molecule has 0 atom stereocenters. The topological polar surface area (TPSA) is 84.9 Å². The molecule has 0 saturated heterocycles. The van der Waals surface area contributed by atoms with Gasteiger partial charge in [-0.05, 0) is 67.5 Å². The Kier molecular flexibility index (Phi) is 7.11. The lowest BCUT2D eigenvalue weighted by Crippen LogP contribution is -2.56. The summed E-state index contributed by atoms with van der Waals surface area (Å²) in [5.74, 6) is 0.238. The first-order valence-electron chi connectivity index (χ1n) is 10.4. The molecule has 0 bridgehead atoms. The fourth-order valence-electron chi connectivity index (χ4n) is 4.17. The van der Waals surface area contributed by atoms with Crippen LogP contribution in [0.1, 0.15) is 49.4 Å². The van der Waals surface area contributed by atoms with Gasteiger partial charge < -0.3 is 19.9 Å².